The molecule has 1 N–H and O–H groups in total. The van der Waals surface area contributed by atoms with Gasteiger partial charge in [-0.3, -0.25) is 4.79 Å². The number of halogens is 2. The summed E-state index contributed by atoms with van der Waals surface area (Å²) in [5, 5.41) is 2.49. The molecule has 0 aliphatic rings. The molecular weight excluding hydrogens is 362 g/mol. The summed E-state index contributed by atoms with van der Waals surface area (Å²) in [4.78, 5) is 12.0. The third-order valence-electron chi connectivity index (χ3n) is 3.82. The first-order chi connectivity index (χ1) is 12.3. The summed E-state index contributed by atoms with van der Waals surface area (Å²) >= 11 is 0. The standard InChI is InChI=1S/C18H20F2N2O3S/c1-26(24,25)22(12-10-14-6-2-4-8-16(14)19)13-11-21-18(23)15-7-3-5-9-17(15)20/h2-9H,10-13H2,1H3,(H,21,23). The van der Waals surface area contributed by atoms with Crippen LogP contribution < -0.4 is 5.32 Å². The summed E-state index contributed by atoms with van der Waals surface area (Å²) in [5.41, 5.74) is 0.307. The molecule has 0 aliphatic carbocycles. The van der Waals surface area contributed by atoms with Crippen LogP contribution in [0.5, 0.6) is 0 Å². The molecule has 2 rings (SSSR count). The SMILES string of the molecule is CS(=O)(=O)N(CCNC(=O)c1ccccc1F)CCc1ccccc1F. The number of nitrogens with one attached hydrogen (secondary N) is 1. The lowest BCUT2D eigenvalue weighted by molar-refractivity contribution is 0.0947. The first kappa shape index (κ1) is 20.0. The Morgan fingerprint density at radius 1 is 1.00 bits per heavy atom. The predicted molar refractivity (Wildman–Crippen MR) is 95.3 cm³/mol. The number of carbonyl (C=O) groups is 1. The monoisotopic (exact) mass is 382 g/mol. The average Bonchev–Trinajstić information content (AvgIpc) is 2.58. The highest BCUT2D eigenvalue weighted by molar-refractivity contribution is 7.88. The van der Waals surface area contributed by atoms with Crippen molar-refractivity contribution in [2.45, 2.75) is 6.42 Å². The van der Waals surface area contributed by atoms with Gasteiger partial charge in [-0.2, -0.15) is 0 Å². The quantitative estimate of drug-likeness (QED) is 0.761. The third kappa shape index (κ3) is 5.60. The smallest absolute Gasteiger partial charge is 0.254 e. The molecule has 0 aliphatic heterocycles. The lowest BCUT2D eigenvalue weighted by atomic mass is 10.1. The van der Waals surface area contributed by atoms with Crippen molar-refractivity contribution in [3.8, 4) is 0 Å². The van der Waals surface area contributed by atoms with Gasteiger partial charge in [0.05, 0.1) is 11.8 Å². The predicted octanol–water partition coefficient (Wildman–Crippen LogP) is 2.20. The number of hydrogen-bond acceptors (Lipinski definition) is 3. The lowest BCUT2D eigenvalue weighted by Gasteiger charge is -2.20. The van der Waals surface area contributed by atoms with Crippen molar-refractivity contribution < 1.29 is 22.0 Å². The van der Waals surface area contributed by atoms with E-state index < -0.39 is 27.6 Å². The molecule has 0 atom stereocenters. The van der Waals surface area contributed by atoms with Crippen LogP contribution in [0.1, 0.15) is 15.9 Å². The second kappa shape index (κ2) is 8.86. The molecule has 8 heteroatoms. The molecule has 1 amide bonds. The van der Waals surface area contributed by atoms with E-state index in [1.54, 1.807) is 18.2 Å². The van der Waals surface area contributed by atoms with Gasteiger partial charge in [0, 0.05) is 19.6 Å². The van der Waals surface area contributed by atoms with E-state index in [1.165, 1.54) is 30.3 Å². The topological polar surface area (TPSA) is 66.5 Å². The summed E-state index contributed by atoms with van der Waals surface area (Å²) < 4.78 is 52.2. The Morgan fingerprint density at radius 3 is 2.23 bits per heavy atom. The van der Waals surface area contributed by atoms with E-state index in [2.05, 4.69) is 5.32 Å². The van der Waals surface area contributed by atoms with E-state index in [-0.39, 0.29) is 31.6 Å². The number of amides is 1. The van der Waals surface area contributed by atoms with Gasteiger partial charge in [-0.05, 0) is 30.2 Å². The van der Waals surface area contributed by atoms with Crippen LogP contribution in [0, 0.1) is 11.6 Å². The lowest BCUT2D eigenvalue weighted by Crippen LogP contribution is -2.39. The zero-order valence-electron chi connectivity index (χ0n) is 14.3. The van der Waals surface area contributed by atoms with E-state index in [1.807, 2.05) is 0 Å². The highest BCUT2D eigenvalue weighted by Crippen LogP contribution is 2.09. The van der Waals surface area contributed by atoms with Crippen LogP contribution in [-0.2, 0) is 16.4 Å². The number of benzene rings is 2. The number of hydrogen-bond donors (Lipinski definition) is 1. The summed E-state index contributed by atoms with van der Waals surface area (Å²) in [7, 11) is -3.53. The van der Waals surface area contributed by atoms with Crippen LogP contribution >= 0.6 is 0 Å². The Morgan fingerprint density at radius 2 is 1.62 bits per heavy atom. The van der Waals surface area contributed by atoms with E-state index in [4.69, 9.17) is 0 Å². The minimum Gasteiger partial charge on any atom is -0.351 e. The molecule has 0 bridgehead atoms. The largest absolute Gasteiger partial charge is 0.351 e. The molecule has 26 heavy (non-hydrogen) atoms. The van der Waals surface area contributed by atoms with Crippen LogP contribution in [0.2, 0.25) is 0 Å². The fourth-order valence-corrected chi connectivity index (χ4v) is 3.27. The molecule has 0 fully saturated rings. The van der Waals surface area contributed by atoms with Crippen LogP contribution in [0.4, 0.5) is 8.78 Å². The first-order valence-electron chi connectivity index (χ1n) is 8.00. The van der Waals surface area contributed by atoms with E-state index in [0.29, 0.717) is 5.56 Å². The van der Waals surface area contributed by atoms with Crippen molar-refractivity contribution in [2.24, 2.45) is 0 Å². The Balaban J connectivity index is 1.93. The van der Waals surface area contributed by atoms with Gasteiger partial charge in [0.15, 0.2) is 0 Å². The Bertz CT molecular complexity index is 872. The van der Waals surface area contributed by atoms with Crippen molar-refractivity contribution in [1.82, 2.24) is 9.62 Å². The van der Waals surface area contributed by atoms with Crippen molar-refractivity contribution >= 4 is 15.9 Å². The number of nitrogens with zero attached hydrogens (tertiary/aromatic N) is 1. The molecule has 0 heterocycles. The van der Waals surface area contributed by atoms with Gasteiger partial charge in [-0.1, -0.05) is 30.3 Å². The maximum absolute atomic E-state index is 13.7. The molecule has 0 radical (unpaired) electrons. The van der Waals surface area contributed by atoms with Crippen molar-refractivity contribution in [3.63, 3.8) is 0 Å². The van der Waals surface area contributed by atoms with Crippen molar-refractivity contribution in [2.75, 3.05) is 25.9 Å². The molecule has 0 saturated carbocycles. The fraction of sp³-hybridized carbons (Fsp3) is 0.278. The zero-order chi connectivity index (χ0) is 19.2. The van der Waals surface area contributed by atoms with Crippen molar-refractivity contribution in [1.29, 1.82) is 0 Å². The summed E-state index contributed by atoms with van der Waals surface area (Å²) in [5.74, 6) is -1.66. The minimum atomic E-state index is -3.53. The minimum absolute atomic E-state index is 0.00742. The number of carbonyl (C=O) groups excluding carboxylic acids is 1. The molecule has 140 valence electrons. The Kier molecular flexibility index (Phi) is 6.82. The third-order valence-corrected chi connectivity index (χ3v) is 5.13. The van der Waals surface area contributed by atoms with E-state index in [0.717, 1.165) is 10.6 Å². The van der Waals surface area contributed by atoms with Gasteiger partial charge in [0.2, 0.25) is 10.0 Å². The zero-order valence-corrected chi connectivity index (χ0v) is 15.1. The Hall–Kier alpha value is -2.32. The highest BCUT2D eigenvalue weighted by atomic mass is 32.2. The maximum Gasteiger partial charge on any atom is 0.254 e. The van der Waals surface area contributed by atoms with Gasteiger partial charge >= 0.3 is 0 Å². The van der Waals surface area contributed by atoms with Gasteiger partial charge in [-0.15, -0.1) is 0 Å². The van der Waals surface area contributed by atoms with E-state index in [9.17, 15) is 22.0 Å². The summed E-state index contributed by atoms with van der Waals surface area (Å²) in [6.07, 6.45) is 1.26. The molecule has 0 unspecified atom stereocenters. The molecule has 2 aromatic rings. The second-order valence-electron chi connectivity index (χ2n) is 5.74. The maximum atomic E-state index is 13.7. The highest BCUT2D eigenvalue weighted by Gasteiger charge is 2.18. The number of rotatable bonds is 8. The molecule has 0 aromatic heterocycles. The van der Waals surface area contributed by atoms with E-state index >= 15 is 0 Å². The normalized spacial score (nSPS) is 11.5. The van der Waals surface area contributed by atoms with Gasteiger partial charge < -0.3 is 5.32 Å². The number of sulfonamides is 1. The fourth-order valence-electron chi connectivity index (χ4n) is 2.42. The van der Waals surface area contributed by atoms with Gasteiger partial charge in [0.25, 0.3) is 5.91 Å². The Labute approximate surface area is 151 Å². The van der Waals surface area contributed by atoms with Crippen LogP contribution in [0.25, 0.3) is 0 Å². The van der Waals surface area contributed by atoms with Gasteiger partial charge in [0.1, 0.15) is 11.6 Å². The average molecular weight is 382 g/mol. The van der Waals surface area contributed by atoms with Crippen LogP contribution in [0.3, 0.4) is 0 Å². The molecule has 0 saturated heterocycles. The molecular formula is C18H20F2N2O3S. The van der Waals surface area contributed by atoms with Crippen LogP contribution in [-0.4, -0.2) is 44.5 Å². The second-order valence-corrected chi connectivity index (χ2v) is 7.72. The molecule has 2 aromatic carbocycles. The molecule has 0 spiro atoms. The first-order valence-corrected chi connectivity index (χ1v) is 9.85. The summed E-state index contributed by atoms with van der Waals surface area (Å²) in [6, 6.07) is 11.7. The van der Waals surface area contributed by atoms with Gasteiger partial charge in [-0.25, -0.2) is 21.5 Å². The van der Waals surface area contributed by atoms with Crippen LogP contribution in [0.15, 0.2) is 48.5 Å². The molecule has 5 nitrogen and oxygen atoms in total. The van der Waals surface area contributed by atoms with Crippen molar-refractivity contribution in [3.05, 3.63) is 71.3 Å². The summed E-state index contributed by atoms with van der Waals surface area (Å²) in [6.45, 7) is 0.0975.